The first-order chi connectivity index (χ1) is 13.6. The number of aliphatic hydroxyl groups is 1. The van der Waals surface area contributed by atoms with Gasteiger partial charge in [-0.15, -0.1) is 24.0 Å². The van der Waals surface area contributed by atoms with Crippen LogP contribution in [0.25, 0.3) is 0 Å². The summed E-state index contributed by atoms with van der Waals surface area (Å²) in [6.07, 6.45) is 2.57. The van der Waals surface area contributed by atoms with E-state index < -0.39 is 0 Å². The van der Waals surface area contributed by atoms with Gasteiger partial charge in [0.1, 0.15) is 0 Å². The molecule has 29 heavy (non-hydrogen) atoms. The molecule has 1 saturated heterocycles. The van der Waals surface area contributed by atoms with E-state index in [1.54, 1.807) is 0 Å². The first-order valence-corrected chi connectivity index (χ1v) is 10.2. The average Bonchev–Trinajstić information content (AvgIpc) is 3.17. The molecule has 1 atom stereocenters. The molecule has 0 aromatic heterocycles. The Balaban J connectivity index is 0.00000420. The van der Waals surface area contributed by atoms with Crippen LogP contribution in [-0.2, 0) is 11.3 Å². The molecule has 8 heteroatoms. The molecule has 1 aromatic rings. The number of hydrogen-bond acceptors (Lipinski definition) is 4. The third-order valence-corrected chi connectivity index (χ3v) is 4.95. The second kappa shape index (κ2) is 13.8. The van der Waals surface area contributed by atoms with Crippen LogP contribution in [0.4, 0.5) is 0 Å². The Morgan fingerprint density at radius 1 is 1.28 bits per heavy atom. The molecule has 0 saturated carbocycles. The van der Waals surface area contributed by atoms with Gasteiger partial charge in [-0.3, -0.25) is 4.79 Å². The van der Waals surface area contributed by atoms with Crippen molar-refractivity contribution in [2.45, 2.75) is 39.7 Å². The quantitative estimate of drug-likeness (QED) is 0.217. The van der Waals surface area contributed by atoms with Crippen molar-refractivity contribution in [3.05, 3.63) is 35.4 Å². The van der Waals surface area contributed by atoms with Gasteiger partial charge in [-0.2, -0.15) is 0 Å². The highest BCUT2D eigenvalue weighted by molar-refractivity contribution is 14.0. The zero-order valence-electron chi connectivity index (χ0n) is 17.5. The molecule has 0 bridgehead atoms. The number of aliphatic hydroxyl groups excluding tert-OH is 1. The highest BCUT2D eigenvalue weighted by Gasteiger charge is 2.34. The molecule has 1 aromatic carbocycles. The molecular weight excluding hydrogens is 483 g/mol. The third kappa shape index (κ3) is 8.47. The molecule has 1 unspecified atom stereocenters. The van der Waals surface area contributed by atoms with Crippen LogP contribution >= 0.6 is 24.0 Å². The predicted octanol–water partition coefficient (Wildman–Crippen LogP) is 2.29. The van der Waals surface area contributed by atoms with Crippen LogP contribution in [-0.4, -0.2) is 56.4 Å². The maximum Gasteiger partial charge on any atom is 0.251 e. The molecule has 1 fully saturated rings. The lowest BCUT2D eigenvalue weighted by atomic mass is 9.84. The zero-order valence-corrected chi connectivity index (χ0v) is 19.8. The number of ether oxygens (including phenoxy) is 1. The Bertz CT molecular complexity index is 649. The van der Waals surface area contributed by atoms with Gasteiger partial charge >= 0.3 is 0 Å². The molecule has 7 nitrogen and oxygen atoms in total. The maximum atomic E-state index is 12.1. The summed E-state index contributed by atoms with van der Waals surface area (Å²) in [6, 6.07) is 7.57. The fourth-order valence-corrected chi connectivity index (χ4v) is 3.25. The standard InChI is InChI=1S/C21H34N4O3.HI/c1-3-10-23-19(27)18-7-5-6-17(13-18)14-24-20(22-4-2)25-15-21(8-11-26)9-12-28-16-21;/h5-7,13,26H,3-4,8-12,14-16H2,1-2H3,(H,23,27)(H2,22,24,25);1H. The van der Waals surface area contributed by atoms with Crippen LogP contribution in [0.2, 0.25) is 0 Å². The summed E-state index contributed by atoms with van der Waals surface area (Å²) < 4.78 is 5.55. The van der Waals surface area contributed by atoms with Crippen molar-refractivity contribution >= 4 is 35.8 Å². The van der Waals surface area contributed by atoms with E-state index in [1.807, 2.05) is 38.1 Å². The summed E-state index contributed by atoms with van der Waals surface area (Å²) >= 11 is 0. The van der Waals surface area contributed by atoms with Crippen molar-refractivity contribution in [3.63, 3.8) is 0 Å². The van der Waals surface area contributed by atoms with Gasteiger partial charge in [-0.05, 0) is 43.9 Å². The van der Waals surface area contributed by atoms with Gasteiger partial charge < -0.3 is 25.8 Å². The number of rotatable bonds is 10. The van der Waals surface area contributed by atoms with E-state index in [9.17, 15) is 9.90 Å². The minimum absolute atomic E-state index is 0. The van der Waals surface area contributed by atoms with E-state index >= 15 is 0 Å². The first-order valence-electron chi connectivity index (χ1n) is 10.2. The van der Waals surface area contributed by atoms with E-state index in [0.717, 1.165) is 37.5 Å². The largest absolute Gasteiger partial charge is 0.396 e. The number of carbonyl (C=O) groups excluding carboxylic acids is 1. The van der Waals surface area contributed by atoms with Crippen LogP contribution in [0.5, 0.6) is 0 Å². The molecule has 4 N–H and O–H groups in total. The van der Waals surface area contributed by atoms with Crippen LogP contribution in [0.1, 0.15) is 49.0 Å². The lowest BCUT2D eigenvalue weighted by Crippen LogP contribution is -2.44. The molecule has 0 spiro atoms. The Kier molecular flexibility index (Phi) is 12.2. The fraction of sp³-hybridized carbons (Fsp3) is 0.619. The number of amides is 1. The van der Waals surface area contributed by atoms with Crippen molar-refractivity contribution in [1.29, 1.82) is 0 Å². The van der Waals surface area contributed by atoms with Crippen molar-refractivity contribution in [1.82, 2.24) is 16.0 Å². The van der Waals surface area contributed by atoms with Crippen molar-refractivity contribution in [3.8, 4) is 0 Å². The van der Waals surface area contributed by atoms with Crippen LogP contribution in [0.15, 0.2) is 29.3 Å². The molecule has 1 aliphatic rings. The number of guanidine groups is 1. The average molecular weight is 518 g/mol. The Hall–Kier alpha value is -1.39. The van der Waals surface area contributed by atoms with E-state index in [0.29, 0.717) is 38.2 Å². The number of nitrogens with zero attached hydrogens (tertiary/aromatic N) is 1. The zero-order chi connectivity index (χ0) is 20.2. The molecule has 0 radical (unpaired) electrons. The van der Waals surface area contributed by atoms with E-state index in [2.05, 4.69) is 20.9 Å². The third-order valence-electron chi connectivity index (χ3n) is 4.95. The number of halogens is 1. The lowest BCUT2D eigenvalue weighted by Gasteiger charge is -2.27. The molecule has 0 aliphatic carbocycles. The smallest absolute Gasteiger partial charge is 0.251 e. The SMILES string of the molecule is CCCNC(=O)c1cccc(CN=C(NCC)NCC2(CCO)CCOC2)c1.I. The van der Waals surface area contributed by atoms with Crippen molar-refractivity contribution in [2.24, 2.45) is 10.4 Å². The van der Waals surface area contributed by atoms with E-state index in [1.165, 1.54) is 0 Å². The summed E-state index contributed by atoms with van der Waals surface area (Å²) in [4.78, 5) is 16.8. The number of carbonyl (C=O) groups is 1. The Labute approximate surface area is 191 Å². The monoisotopic (exact) mass is 518 g/mol. The number of benzene rings is 1. The van der Waals surface area contributed by atoms with Gasteiger partial charge in [0.2, 0.25) is 0 Å². The summed E-state index contributed by atoms with van der Waals surface area (Å²) in [5, 5.41) is 18.9. The lowest BCUT2D eigenvalue weighted by molar-refractivity contribution is 0.0953. The van der Waals surface area contributed by atoms with Crippen LogP contribution < -0.4 is 16.0 Å². The van der Waals surface area contributed by atoms with Gasteiger partial charge in [0.05, 0.1) is 13.2 Å². The molecule has 164 valence electrons. The maximum absolute atomic E-state index is 12.1. The molecule has 1 amide bonds. The minimum Gasteiger partial charge on any atom is -0.396 e. The Morgan fingerprint density at radius 3 is 2.76 bits per heavy atom. The highest BCUT2D eigenvalue weighted by Crippen LogP contribution is 2.31. The normalized spacial score (nSPS) is 18.8. The minimum atomic E-state index is -0.0510. The van der Waals surface area contributed by atoms with Gasteiger partial charge in [0.15, 0.2) is 5.96 Å². The van der Waals surface area contributed by atoms with Crippen LogP contribution in [0.3, 0.4) is 0 Å². The topological polar surface area (TPSA) is 95.0 Å². The van der Waals surface area contributed by atoms with Gasteiger partial charge in [-0.1, -0.05) is 19.1 Å². The molecule has 1 aliphatic heterocycles. The molecule has 1 heterocycles. The summed E-state index contributed by atoms with van der Waals surface area (Å²) in [6.45, 7) is 8.24. The highest BCUT2D eigenvalue weighted by atomic mass is 127. The fourth-order valence-electron chi connectivity index (χ4n) is 3.25. The van der Waals surface area contributed by atoms with E-state index in [-0.39, 0.29) is 41.9 Å². The number of hydrogen-bond donors (Lipinski definition) is 4. The second-order valence-electron chi connectivity index (χ2n) is 7.28. The predicted molar refractivity (Wildman–Crippen MR) is 127 cm³/mol. The van der Waals surface area contributed by atoms with Crippen molar-refractivity contribution < 1.29 is 14.6 Å². The number of aliphatic imine (C=N–C) groups is 1. The van der Waals surface area contributed by atoms with Crippen molar-refractivity contribution in [2.75, 3.05) is 39.5 Å². The molecular formula is C21H35IN4O3. The van der Waals surface area contributed by atoms with Gasteiger partial charge in [-0.25, -0.2) is 4.99 Å². The first kappa shape index (κ1) is 25.6. The summed E-state index contributed by atoms with van der Waals surface area (Å²) in [5.41, 5.74) is 1.60. The second-order valence-corrected chi connectivity index (χ2v) is 7.28. The van der Waals surface area contributed by atoms with E-state index in [4.69, 9.17) is 4.74 Å². The van der Waals surface area contributed by atoms with Gasteiger partial charge in [0.25, 0.3) is 5.91 Å². The number of nitrogens with one attached hydrogen (secondary N) is 3. The van der Waals surface area contributed by atoms with Gasteiger partial charge in [0, 0.05) is 43.8 Å². The van der Waals surface area contributed by atoms with Crippen LogP contribution in [0, 0.1) is 5.41 Å². The summed E-state index contributed by atoms with van der Waals surface area (Å²) in [5.74, 6) is 0.678. The molecule has 2 rings (SSSR count). The summed E-state index contributed by atoms with van der Waals surface area (Å²) in [7, 11) is 0. The Morgan fingerprint density at radius 2 is 2.10 bits per heavy atom.